The minimum atomic E-state index is -0.382. The van der Waals surface area contributed by atoms with Crippen LogP contribution in [-0.2, 0) is 11.2 Å². The molecule has 0 aliphatic carbocycles. The number of phenols is 1. The first kappa shape index (κ1) is 9.58. The molecule has 3 nitrogen and oxygen atoms in total. The highest BCUT2D eigenvalue weighted by atomic mass is 16.5. The Morgan fingerprint density at radius 3 is 2.69 bits per heavy atom. The van der Waals surface area contributed by atoms with Crippen molar-refractivity contribution in [3.63, 3.8) is 0 Å². The average Bonchev–Trinajstić information content (AvgIpc) is 2.01. The summed E-state index contributed by atoms with van der Waals surface area (Å²) in [6.45, 7) is 3.29. The van der Waals surface area contributed by atoms with Crippen LogP contribution in [0.1, 0.15) is 19.4 Å². The Kier molecular flexibility index (Phi) is 2.90. The Morgan fingerprint density at radius 2 is 2.15 bits per heavy atom. The molecule has 0 spiro atoms. The van der Waals surface area contributed by atoms with Crippen LogP contribution < -0.4 is 4.74 Å². The number of hydrogen-bond acceptors (Lipinski definition) is 3. The molecule has 1 rings (SSSR count). The second-order valence-electron chi connectivity index (χ2n) is 2.78. The van der Waals surface area contributed by atoms with Crippen molar-refractivity contribution in [2.45, 2.75) is 20.3 Å². The molecule has 3 heteroatoms. The molecule has 1 N–H and O–H groups in total. The Bertz CT molecular complexity index is 318. The summed E-state index contributed by atoms with van der Waals surface area (Å²) in [7, 11) is 0. The average molecular weight is 180 g/mol. The number of hydrogen-bond donors (Lipinski definition) is 1. The molecular weight excluding hydrogens is 168 g/mol. The van der Waals surface area contributed by atoms with Gasteiger partial charge >= 0.3 is 5.97 Å². The zero-order valence-electron chi connectivity index (χ0n) is 7.70. The summed E-state index contributed by atoms with van der Waals surface area (Å²) in [4.78, 5) is 10.6. The molecule has 0 bridgehead atoms. The molecule has 70 valence electrons. The van der Waals surface area contributed by atoms with Crippen molar-refractivity contribution < 1.29 is 14.6 Å². The number of esters is 1. The predicted octanol–water partition coefficient (Wildman–Crippen LogP) is 1.88. The van der Waals surface area contributed by atoms with E-state index >= 15 is 0 Å². The van der Waals surface area contributed by atoms with Gasteiger partial charge in [-0.2, -0.15) is 0 Å². The Hall–Kier alpha value is -1.51. The van der Waals surface area contributed by atoms with Gasteiger partial charge in [-0.1, -0.05) is 6.92 Å². The summed E-state index contributed by atoms with van der Waals surface area (Å²) in [5, 5.41) is 9.25. The third-order valence-corrected chi connectivity index (χ3v) is 1.62. The highest BCUT2D eigenvalue weighted by molar-refractivity contribution is 5.69. The first-order chi connectivity index (χ1) is 6.11. The second kappa shape index (κ2) is 3.94. The molecule has 13 heavy (non-hydrogen) atoms. The standard InChI is InChI=1S/C10H12O3/c1-3-8-4-9(12)6-10(5-8)13-7(2)11/h4-6,12H,3H2,1-2H3. The number of ether oxygens (including phenoxy) is 1. The molecular formula is C10H12O3. The first-order valence-corrected chi connectivity index (χ1v) is 4.13. The largest absolute Gasteiger partial charge is 0.508 e. The molecule has 0 aliphatic rings. The molecule has 0 saturated heterocycles. The van der Waals surface area contributed by atoms with E-state index in [1.807, 2.05) is 6.92 Å². The SMILES string of the molecule is CCc1cc(O)cc(OC(C)=O)c1. The molecule has 0 atom stereocenters. The molecule has 0 unspecified atom stereocenters. The lowest BCUT2D eigenvalue weighted by molar-refractivity contribution is -0.131. The minimum Gasteiger partial charge on any atom is -0.508 e. The summed E-state index contributed by atoms with van der Waals surface area (Å²) in [6, 6.07) is 4.80. The smallest absolute Gasteiger partial charge is 0.308 e. The van der Waals surface area contributed by atoms with Gasteiger partial charge < -0.3 is 9.84 Å². The molecule has 0 heterocycles. The monoisotopic (exact) mass is 180 g/mol. The van der Waals surface area contributed by atoms with Crippen LogP contribution in [0.25, 0.3) is 0 Å². The Balaban J connectivity index is 2.94. The van der Waals surface area contributed by atoms with E-state index in [2.05, 4.69) is 0 Å². The van der Waals surface area contributed by atoms with Gasteiger partial charge in [0.2, 0.25) is 0 Å². The number of rotatable bonds is 2. The minimum absolute atomic E-state index is 0.121. The van der Waals surface area contributed by atoms with Crippen LogP contribution in [0.4, 0.5) is 0 Å². The van der Waals surface area contributed by atoms with Gasteiger partial charge in [-0.05, 0) is 24.1 Å². The highest BCUT2D eigenvalue weighted by Gasteiger charge is 2.01. The maximum Gasteiger partial charge on any atom is 0.308 e. The number of aryl methyl sites for hydroxylation is 1. The van der Waals surface area contributed by atoms with Gasteiger partial charge in [-0.3, -0.25) is 4.79 Å². The van der Waals surface area contributed by atoms with Crippen LogP contribution in [0.2, 0.25) is 0 Å². The van der Waals surface area contributed by atoms with Crippen molar-refractivity contribution in [3.8, 4) is 11.5 Å². The van der Waals surface area contributed by atoms with Crippen LogP contribution in [0, 0.1) is 0 Å². The van der Waals surface area contributed by atoms with Crippen LogP contribution in [-0.4, -0.2) is 11.1 Å². The Labute approximate surface area is 77.0 Å². The van der Waals surface area contributed by atoms with E-state index in [4.69, 9.17) is 4.74 Å². The lowest BCUT2D eigenvalue weighted by Gasteiger charge is -2.04. The van der Waals surface area contributed by atoms with E-state index in [-0.39, 0.29) is 11.7 Å². The van der Waals surface area contributed by atoms with Crippen LogP contribution in [0.15, 0.2) is 18.2 Å². The van der Waals surface area contributed by atoms with Gasteiger partial charge in [0.25, 0.3) is 0 Å². The molecule has 1 aromatic carbocycles. The molecule has 0 amide bonds. The summed E-state index contributed by atoms with van der Waals surface area (Å²) in [6.07, 6.45) is 0.794. The van der Waals surface area contributed by atoms with Gasteiger partial charge in [0.15, 0.2) is 0 Å². The van der Waals surface area contributed by atoms with Gasteiger partial charge in [0.05, 0.1) is 0 Å². The van der Waals surface area contributed by atoms with Crippen LogP contribution in [0.5, 0.6) is 11.5 Å². The van der Waals surface area contributed by atoms with Crippen molar-refractivity contribution >= 4 is 5.97 Å². The lowest BCUT2D eigenvalue weighted by Crippen LogP contribution is -2.01. The summed E-state index contributed by atoms with van der Waals surface area (Å²) in [5.74, 6) is 0.132. The van der Waals surface area contributed by atoms with Crippen molar-refractivity contribution in [3.05, 3.63) is 23.8 Å². The van der Waals surface area contributed by atoms with Crippen molar-refractivity contribution in [2.24, 2.45) is 0 Å². The van der Waals surface area contributed by atoms with Gasteiger partial charge in [-0.25, -0.2) is 0 Å². The highest BCUT2D eigenvalue weighted by Crippen LogP contribution is 2.22. The quantitative estimate of drug-likeness (QED) is 0.558. The van der Waals surface area contributed by atoms with E-state index in [0.717, 1.165) is 12.0 Å². The third-order valence-electron chi connectivity index (χ3n) is 1.62. The van der Waals surface area contributed by atoms with E-state index in [9.17, 15) is 9.90 Å². The zero-order chi connectivity index (χ0) is 9.84. The first-order valence-electron chi connectivity index (χ1n) is 4.13. The zero-order valence-corrected chi connectivity index (χ0v) is 7.70. The molecule has 1 aromatic rings. The van der Waals surface area contributed by atoms with E-state index in [1.54, 1.807) is 12.1 Å². The summed E-state index contributed by atoms with van der Waals surface area (Å²) in [5.41, 5.74) is 0.941. The van der Waals surface area contributed by atoms with Gasteiger partial charge in [-0.15, -0.1) is 0 Å². The fourth-order valence-corrected chi connectivity index (χ4v) is 1.07. The van der Waals surface area contributed by atoms with Gasteiger partial charge in [0.1, 0.15) is 11.5 Å². The third kappa shape index (κ3) is 2.78. The number of carbonyl (C=O) groups excluding carboxylic acids is 1. The molecule has 0 radical (unpaired) electrons. The Morgan fingerprint density at radius 1 is 1.46 bits per heavy atom. The van der Waals surface area contributed by atoms with E-state index in [0.29, 0.717) is 5.75 Å². The number of benzene rings is 1. The molecule has 0 aliphatic heterocycles. The second-order valence-corrected chi connectivity index (χ2v) is 2.78. The topological polar surface area (TPSA) is 46.5 Å². The van der Waals surface area contributed by atoms with E-state index < -0.39 is 0 Å². The predicted molar refractivity (Wildman–Crippen MR) is 48.8 cm³/mol. The van der Waals surface area contributed by atoms with Crippen molar-refractivity contribution in [2.75, 3.05) is 0 Å². The molecule has 0 fully saturated rings. The maximum absolute atomic E-state index is 10.6. The fourth-order valence-electron chi connectivity index (χ4n) is 1.07. The summed E-state index contributed by atoms with van der Waals surface area (Å²) < 4.78 is 4.84. The summed E-state index contributed by atoms with van der Waals surface area (Å²) >= 11 is 0. The van der Waals surface area contributed by atoms with Crippen LogP contribution in [0.3, 0.4) is 0 Å². The number of aromatic hydroxyl groups is 1. The van der Waals surface area contributed by atoms with Crippen molar-refractivity contribution in [1.29, 1.82) is 0 Å². The van der Waals surface area contributed by atoms with Crippen LogP contribution >= 0.6 is 0 Å². The fraction of sp³-hybridized carbons (Fsp3) is 0.300. The lowest BCUT2D eigenvalue weighted by atomic mass is 10.1. The van der Waals surface area contributed by atoms with E-state index in [1.165, 1.54) is 13.0 Å². The molecule has 0 aromatic heterocycles. The molecule has 0 saturated carbocycles. The maximum atomic E-state index is 10.6. The number of phenolic OH excluding ortho intramolecular Hbond substituents is 1. The number of carbonyl (C=O) groups is 1. The van der Waals surface area contributed by atoms with Crippen molar-refractivity contribution in [1.82, 2.24) is 0 Å². The van der Waals surface area contributed by atoms with Gasteiger partial charge in [0, 0.05) is 13.0 Å². The normalized spacial score (nSPS) is 9.69.